The third-order valence-corrected chi connectivity index (χ3v) is 5.54. The zero-order chi connectivity index (χ0) is 16.4. The number of rotatable bonds is 5. The van der Waals surface area contributed by atoms with Crippen molar-refractivity contribution < 1.29 is 14.3 Å². The molecule has 2 aromatic rings. The average Bonchev–Trinajstić information content (AvgIpc) is 3.24. The molecule has 0 bridgehead atoms. The van der Waals surface area contributed by atoms with Gasteiger partial charge in [-0.15, -0.1) is 11.3 Å². The quantitative estimate of drug-likeness (QED) is 0.880. The van der Waals surface area contributed by atoms with Crippen LogP contribution in [0.2, 0.25) is 0 Å². The molecule has 1 aliphatic carbocycles. The van der Waals surface area contributed by atoms with E-state index in [2.05, 4.69) is 10.3 Å². The van der Waals surface area contributed by atoms with Gasteiger partial charge in [-0.2, -0.15) is 0 Å². The number of nitrogens with one attached hydrogen (secondary N) is 1. The summed E-state index contributed by atoms with van der Waals surface area (Å²) in [5.41, 5.74) is 0.687. The molecule has 5 nitrogen and oxygen atoms in total. The van der Waals surface area contributed by atoms with Gasteiger partial charge in [0.2, 0.25) is 0 Å². The number of aryl methyl sites for hydroxylation is 2. The fraction of sp³-hybridized carbons (Fsp3) is 0.529. The van der Waals surface area contributed by atoms with Gasteiger partial charge < -0.3 is 14.8 Å². The Morgan fingerprint density at radius 3 is 2.83 bits per heavy atom. The second-order valence-electron chi connectivity index (χ2n) is 6.17. The summed E-state index contributed by atoms with van der Waals surface area (Å²) in [5, 5.41) is 13.7. The first-order valence-electron chi connectivity index (χ1n) is 8.05. The van der Waals surface area contributed by atoms with E-state index in [9.17, 15) is 9.90 Å². The number of furan rings is 1. The Hall–Kier alpha value is -1.66. The van der Waals surface area contributed by atoms with Crippen molar-refractivity contribution in [1.29, 1.82) is 0 Å². The molecule has 23 heavy (non-hydrogen) atoms. The van der Waals surface area contributed by atoms with E-state index in [1.807, 2.05) is 26.0 Å². The summed E-state index contributed by atoms with van der Waals surface area (Å²) in [6.45, 7) is 4.00. The van der Waals surface area contributed by atoms with Crippen LogP contribution in [0.5, 0.6) is 0 Å². The molecule has 2 N–H and O–H groups in total. The Morgan fingerprint density at radius 2 is 2.17 bits per heavy atom. The fourth-order valence-electron chi connectivity index (χ4n) is 3.05. The largest absolute Gasteiger partial charge is 0.459 e. The highest BCUT2D eigenvalue weighted by atomic mass is 32.1. The molecule has 0 spiro atoms. The van der Waals surface area contributed by atoms with Gasteiger partial charge >= 0.3 is 0 Å². The Labute approximate surface area is 139 Å². The molecule has 2 aromatic heterocycles. The molecule has 1 saturated carbocycles. The minimum atomic E-state index is -0.457. The Bertz CT molecular complexity index is 686. The highest BCUT2D eigenvalue weighted by Crippen LogP contribution is 2.30. The van der Waals surface area contributed by atoms with Gasteiger partial charge in [-0.1, -0.05) is 12.8 Å². The number of nitrogens with zero attached hydrogens (tertiary/aromatic N) is 1. The third-order valence-electron chi connectivity index (χ3n) is 4.37. The summed E-state index contributed by atoms with van der Waals surface area (Å²) in [5.74, 6) is 1.64. The molecule has 1 aliphatic rings. The van der Waals surface area contributed by atoms with E-state index in [-0.39, 0.29) is 5.91 Å². The molecule has 1 amide bonds. The third kappa shape index (κ3) is 3.64. The van der Waals surface area contributed by atoms with E-state index in [1.165, 1.54) is 24.2 Å². The first-order valence-corrected chi connectivity index (χ1v) is 8.86. The van der Waals surface area contributed by atoms with Crippen molar-refractivity contribution in [3.63, 3.8) is 0 Å². The maximum absolute atomic E-state index is 12.4. The summed E-state index contributed by atoms with van der Waals surface area (Å²) < 4.78 is 5.56. The zero-order valence-electron chi connectivity index (χ0n) is 13.5. The number of carbonyl (C=O) groups is 1. The average molecular weight is 334 g/mol. The number of thiazole rings is 1. The van der Waals surface area contributed by atoms with Crippen molar-refractivity contribution in [2.45, 2.75) is 45.6 Å². The molecule has 1 atom stereocenters. The molecule has 0 aliphatic heterocycles. The number of aliphatic hydroxyl groups is 1. The van der Waals surface area contributed by atoms with Gasteiger partial charge in [-0.05, 0) is 44.7 Å². The van der Waals surface area contributed by atoms with Crippen LogP contribution in [0.3, 0.4) is 0 Å². The van der Waals surface area contributed by atoms with Crippen molar-refractivity contribution in [2.24, 2.45) is 5.92 Å². The van der Waals surface area contributed by atoms with Crippen molar-refractivity contribution in [3.8, 4) is 10.8 Å². The maximum Gasteiger partial charge on any atom is 0.263 e. The monoisotopic (exact) mass is 334 g/mol. The number of aliphatic hydroxyl groups excluding tert-OH is 1. The number of aromatic nitrogens is 1. The molecule has 2 heterocycles. The molecule has 0 saturated heterocycles. The summed E-state index contributed by atoms with van der Waals surface area (Å²) in [7, 11) is 0. The van der Waals surface area contributed by atoms with Gasteiger partial charge in [0.1, 0.15) is 10.6 Å². The Kier molecular flexibility index (Phi) is 4.82. The minimum Gasteiger partial charge on any atom is -0.459 e. The zero-order valence-corrected chi connectivity index (χ0v) is 14.3. The van der Waals surface area contributed by atoms with Gasteiger partial charge in [-0.3, -0.25) is 4.79 Å². The molecule has 1 fully saturated rings. The highest BCUT2D eigenvalue weighted by Gasteiger charge is 2.24. The van der Waals surface area contributed by atoms with Crippen LogP contribution in [-0.4, -0.2) is 28.6 Å². The van der Waals surface area contributed by atoms with Crippen LogP contribution in [-0.2, 0) is 0 Å². The molecular formula is C17H22N2O3S. The van der Waals surface area contributed by atoms with Crippen LogP contribution in [0.4, 0.5) is 0 Å². The predicted octanol–water partition coefficient (Wildman–Crippen LogP) is 3.30. The lowest BCUT2D eigenvalue weighted by atomic mass is 10.0. The summed E-state index contributed by atoms with van der Waals surface area (Å²) in [6, 6.07) is 3.74. The predicted molar refractivity (Wildman–Crippen MR) is 89.6 cm³/mol. The van der Waals surface area contributed by atoms with Crippen LogP contribution in [0.25, 0.3) is 10.8 Å². The summed E-state index contributed by atoms with van der Waals surface area (Å²) in [6.07, 6.45) is 4.00. The summed E-state index contributed by atoms with van der Waals surface area (Å²) in [4.78, 5) is 17.4. The molecule has 0 aromatic carbocycles. The molecule has 124 valence electrons. The van der Waals surface area contributed by atoms with Crippen molar-refractivity contribution >= 4 is 17.2 Å². The molecule has 3 rings (SSSR count). The van der Waals surface area contributed by atoms with Crippen LogP contribution in [0, 0.1) is 19.8 Å². The maximum atomic E-state index is 12.4. The smallest absolute Gasteiger partial charge is 0.263 e. The fourth-order valence-corrected chi connectivity index (χ4v) is 3.99. The normalized spacial score (nSPS) is 16.7. The lowest BCUT2D eigenvalue weighted by Crippen LogP contribution is -2.35. The van der Waals surface area contributed by atoms with Crippen LogP contribution in [0.1, 0.15) is 46.8 Å². The van der Waals surface area contributed by atoms with Gasteiger partial charge in [0.25, 0.3) is 5.91 Å². The van der Waals surface area contributed by atoms with E-state index in [0.717, 1.165) is 18.6 Å². The van der Waals surface area contributed by atoms with Gasteiger partial charge in [0.05, 0.1) is 11.8 Å². The topological polar surface area (TPSA) is 75.4 Å². The van der Waals surface area contributed by atoms with E-state index >= 15 is 0 Å². The van der Waals surface area contributed by atoms with E-state index in [0.29, 0.717) is 33.8 Å². The number of hydrogen-bond donors (Lipinski definition) is 2. The second kappa shape index (κ2) is 6.84. The number of carbonyl (C=O) groups excluding carboxylic acids is 1. The number of hydrogen-bond acceptors (Lipinski definition) is 5. The standard InChI is InChI=1S/C17H22N2O3S/c1-10-7-8-14(22-10)17-19-11(2)15(23-17)16(21)18-9-13(20)12-5-3-4-6-12/h7-8,12-13,20H,3-6,9H2,1-2H3,(H,18,21). The van der Waals surface area contributed by atoms with Gasteiger partial charge in [0.15, 0.2) is 10.8 Å². The first kappa shape index (κ1) is 16.2. The molecule has 1 unspecified atom stereocenters. The van der Waals surface area contributed by atoms with E-state index < -0.39 is 6.10 Å². The van der Waals surface area contributed by atoms with Crippen LogP contribution >= 0.6 is 11.3 Å². The SMILES string of the molecule is Cc1ccc(-c2nc(C)c(C(=O)NCC(O)C3CCCC3)s2)o1. The van der Waals surface area contributed by atoms with Crippen LogP contribution in [0.15, 0.2) is 16.5 Å². The molecule has 0 radical (unpaired) electrons. The van der Waals surface area contributed by atoms with Gasteiger partial charge in [0, 0.05) is 6.54 Å². The Balaban J connectivity index is 1.64. The van der Waals surface area contributed by atoms with Crippen molar-refractivity contribution in [3.05, 3.63) is 28.5 Å². The first-order chi connectivity index (χ1) is 11.0. The summed E-state index contributed by atoms with van der Waals surface area (Å²) >= 11 is 1.32. The second-order valence-corrected chi connectivity index (χ2v) is 7.16. The molecule has 6 heteroatoms. The van der Waals surface area contributed by atoms with E-state index in [1.54, 1.807) is 0 Å². The molecular weight excluding hydrogens is 312 g/mol. The lowest BCUT2D eigenvalue weighted by molar-refractivity contribution is 0.0843. The van der Waals surface area contributed by atoms with E-state index in [4.69, 9.17) is 4.42 Å². The Morgan fingerprint density at radius 1 is 1.43 bits per heavy atom. The van der Waals surface area contributed by atoms with Gasteiger partial charge in [-0.25, -0.2) is 4.98 Å². The minimum absolute atomic E-state index is 0.174. The number of amides is 1. The van der Waals surface area contributed by atoms with Crippen molar-refractivity contribution in [1.82, 2.24) is 10.3 Å². The van der Waals surface area contributed by atoms with Crippen molar-refractivity contribution in [2.75, 3.05) is 6.54 Å². The lowest BCUT2D eigenvalue weighted by Gasteiger charge is -2.17. The highest BCUT2D eigenvalue weighted by molar-refractivity contribution is 7.17. The van der Waals surface area contributed by atoms with Crippen LogP contribution < -0.4 is 5.32 Å².